The van der Waals surface area contributed by atoms with Crippen LogP contribution in [0, 0.1) is 0 Å². The fourth-order valence-corrected chi connectivity index (χ4v) is 3.24. The van der Waals surface area contributed by atoms with Crippen molar-refractivity contribution < 1.29 is 4.79 Å². The molecule has 1 amide bonds. The topological polar surface area (TPSA) is 41.1 Å². The molecule has 2 N–H and O–H groups in total. The summed E-state index contributed by atoms with van der Waals surface area (Å²) in [5, 5.41) is 6.36. The maximum absolute atomic E-state index is 12.6. The van der Waals surface area contributed by atoms with Crippen LogP contribution in [0.15, 0.2) is 53.4 Å². The quantitative estimate of drug-likeness (QED) is 0.855. The van der Waals surface area contributed by atoms with Crippen molar-refractivity contribution in [2.24, 2.45) is 0 Å². The summed E-state index contributed by atoms with van der Waals surface area (Å²) in [4.78, 5) is 13.7. The maximum Gasteiger partial charge on any atom is 0.246 e. The summed E-state index contributed by atoms with van der Waals surface area (Å²) < 4.78 is 0. The van der Waals surface area contributed by atoms with E-state index in [1.165, 1.54) is 5.56 Å². The third kappa shape index (κ3) is 2.96. The van der Waals surface area contributed by atoms with Crippen LogP contribution >= 0.6 is 11.8 Å². The highest BCUT2D eigenvalue weighted by molar-refractivity contribution is 7.98. The van der Waals surface area contributed by atoms with Crippen molar-refractivity contribution in [2.45, 2.75) is 17.4 Å². The van der Waals surface area contributed by atoms with Crippen LogP contribution in [0.3, 0.4) is 0 Å². The Balaban J connectivity index is 1.84. The first-order chi connectivity index (χ1) is 10.3. The first-order valence-electron chi connectivity index (χ1n) is 7.04. The number of fused-ring (bicyclic) bond motifs is 1. The van der Waals surface area contributed by atoms with Crippen LogP contribution in [0.5, 0.6) is 0 Å². The molecular formula is C17H18N2OS. The van der Waals surface area contributed by atoms with E-state index in [4.69, 9.17) is 0 Å². The molecule has 0 aromatic heterocycles. The molecular weight excluding hydrogens is 280 g/mol. The highest BCUT2D eigenvalue weighted by Crippen LogP contribution is 2.27. The minimum atomic E-state index is -0.273. The highest BCUT2D eigenvalue weighted by atomic mass is 32.2. The molecule has 2 aromatic rings. The van der Waals surface area contributed by atoms with E-state index in [0.717, 1.165) is 29.1 Å². The van der Waals surface area contributed by atoms with E-state index in [1.54, 1.807) is 11.8 Å². The molecule has 1 unspecified atom stereocenters. The molecule has 0 aliphatic carbocycles. The van der Waals surface area contributed by atoms with Gasteiger partial charge in [0, 0.05) is 11.4 Å². The van der Waals surface area contributed by atoms with Crippen molar-refractivity contribution in [3.63, 3.8) is 0 Å². The Morgan fingerprint density at radius 1 is 1.19 bits per heavy atom. The molecule has 1 atom stereocenters. The third-order valence-electron chi connectivity index (χ3n) is 3.74. The van der Waals surface area contributed by atoms with Crippen molar-refractivity contribution in [1.29, 1.82) is 0 Å². The van der Waals surface area contributed by atoms with Gasteiger partial charge < -0.3 is 10.6 Å². The average Bonchev–Trinajstić information content (AvgIpc) is 2.54. The largest absolute Gasteiger partial charge is 0.323 e. The van der Waals surface area contributed by atoms with Crippen LogP contribution in [0.1, 0.15) is 17.2 Å². The zero-order chi connectivity index (χ0) is 14.7. The van der Waals surface area contributed by atoms with Crippen LogP contribution in [-0.4, -0.2) is 18.7 Å². The van der Waals surface area contributed by atoms with Gasteiger partial charge in [-0.1, -0.05) is 36.4 Å². The van der Waals surface area contributed by atoms with Gasteiger partial charge in [0.15, 0.2) is 0 Å². The molecule has 108 valence electrons. The molecule has 0 spiro atoms. The Labute approximate surface area is 129 Å². The summed E-state index contributed by atoms with van der Waals surface area (Å²) in [5.74, 6) is 0.00338. The van der Waals surface area contributed by atoms with Crippen molar-refractivity contribution in [3.05, 3.63) is 59.7 Å². The van der Waals surface area contributed by atoms with E-state index in [0.29, 0.717) is 0 Å². The number of rotatable bonds is 3. The second kappa shape index (κ2) is 6.33. The number of hydrogen-bond donors (Lipinski definition) is 2. The zero-order valence-corrected chi connectivity index (χ0v) is 12.7. The molecule has 4 heteroatoms. The average molecular weight is 298 g/mol. The monoisotopic (exact) mass is 298 g/mol. The highest BCUT2D eigenvalue weighted by Gasteiger charge is 2.26. The summed E-state index contributed by atoms with van der Waals surface area (Å²) in [6, 6.07) is 15.8. The second-order valence-corrected chi connectivity index (χ2v) is 5.87. The van der Waals surface area contributed by atoms with Gasteiger partial charge in [-0.05, 0) is 35.9 Å². The molecule has 0 fully saturated rings. The number of hydrogen-bond acceptors (Lipinski definition) is 3. The van der Waals surface area contributed by atoms with Crippen LogP contribution in [0.25, 0.3) is 0 Å². The van der Waals surface area contributed by atoms with Gasteiger partial charge in [0.25, 0.3) is 0 Å². The van der Waals surface area contributed by atoms with E-state index in [9.17, 15) is 4.79 Å². The minimum Gasteiger partial charge on any atom is -0.323 e. The number of nitrogens with one attached hydrogen (secondary N) is 2. The lowest BCUT2D eigenvalue weighted by atomic mass is 9.94. The molecule has 1 aliphatic heterocycles. The molecule has 0 saturated heterocycles. The normalized spacial score (nSPS) is 17.1. The second-order valence-electron chi connectivity index (χ2n) is 5.03. The van der Waals surface area contributed by atoms with E-state index in [2.05, 4.69) is 16.7 Å². The lowest BCUT2D eigenvalue weighted by molar-refractivity contribution is -0.118. The number of para-hydroxylation sites is 1. The number of thioether (sulfide) groups is 1. The summed E-state index contributed by atoms with van der Waals surface area (Å²) in [6.45, 7) is 0.833. The van der Waals surface area contributed by atoms with Gasteiger partial charge in [0.2, 0.25) is 5.91 Å². The zero-order valence-electron chi connectivity index (χ0n) is 11.9. The van der Waals surface area contributed by atoms with Crippen molar-refractivity contribution in [3.8, 4) is 0 Å². The third-order valence-corrected chi connectivity index (χ3v) is 4.53. The first kappa shape index (κ1) is 14.2. The predicted octanol–water partition coefficient (Wildman–Crippen LogP) is 3.23. The number of anilines is 1. The van der Waals surface area contributed by atoms with Gasteiger partial charge in [0.05, 0.1) is 5.69 Å². The molecule has 0 radical (unpaired) electrons. The smallest absolute Gasteiger partial charge is 0.246 e. The van der Waals surface area contributed by atoms with Crippen LogP contribution in [0.2, 0.25) is 0 Å². The van der Waals surface area contributed by atoms with Gasteiger partial charge in [-0.2, -0.15) is 0 Å². The van der Waals surface area contributed by atoms with Gasteiger partial charge in [-0.15, -0.1) is 11.8 Å². The summed E-state index contributed by atoms with van der Waals surface area (Å²) in [7, 11) is 0. The van der Waals surface area contributed by atoms with Crippen LogP contribution < -0.4 is 10.6 Å². The predicted molar refractivity (Wildman–Crippen MR) is 87.7 cm³/mol. The van der Waals surface area contributed by atoms with Crippen LogP contribution in [0.4, 0.5) is 5.69 Å². The Morgan fingerprint density at radius 3 is 2.81 bits per heavy atom. The number of benzene rings is 2. The number of carbonyl (C=O) groups is 1. The fraction of sp³-hybridized carbons (Fsp3) is 0.235. The lowest BCUT2D eigenvalue weighted by Gasteiger charge is -2.26. The van der Waals surface area contributed by atoms with Crippen molar-refractivity contribution in [1.82, 2.24) is 5.32 Å². The Hall–Kier alpha value is -1.78. The van der Waals surface area contributed by atoms with Gasteiger partial charge >= 0.3 is 0 Å². The lowest BCUT2D eigenvalue weighted by Crippen LogP contribution is -2.38. The van der Waals surface area contributed by atoms with Gasteiger partial charge in [-0.3, -0.25) is 4.79 Å². The maximum atomic E-state index is 12.6. The van der Waals surface area contributed by atoms with Crippen molar-refractivity contribution in [2.75, 3.05) is 18.1 Å². The Morgan fingerprint density at radius 2 is 1.95 bits per heavy atom. The number of carbonyl (C=O) groups excluding carboxylic acids is 1. The summed E-state index contributed by atoms with van der Waals surface area (Å²) in [5.41, 5.74) is 3.22. The molecule has 1 heterocycles. The van der Waals surface area contributed by atoms with Crippen molar-refractivity contribution >= 4 is 23.4 Å². The molecule has 1 aliphatic rings. The van der Waals surface area contributed by atoms with Gasteiger partial charge in [0.1, 0.15) is 6.04 Å². The first-order valence-corrected chi connectivity index (χ1v) is 8.27. The molecule has 21 heavy (non-hydrogen) atoms. The summed E-state index contributed by atoms with van der Waals surface area (Å²) >= 11 is 1.63. The fourth-order valence-electron chi connectivity index (χ4n) is 2.69. The Kier molecular flexibility index (Phi) is 4.27. The Bertz CT molecular complexity index is 657. The number of amides is 1. The van der Waals surface area contributed by atoms with E-state index >= 15 is 0 Å². The van der Waals surface area contributed by atoms with E-state index in [-0.39, 0.29) is 11.9 Å². The van der Waals surface area contributed by atoms with E-state index in [1.807, 2.05) is 48.7 Å². The molecule has 2 aromatic carbocycles. The van der Waals surface area contributed by atoms with Crippen LogP contribution in [-0.2, 0) is 11.2 Å². The molecule has 3 rings (SSSR count). The molecule has 0 bridgehead atoms. The molecule has 0 saturated carbocycles. The molecule has 3 nitrogen and oxygen atoms in total. The minimum absolute atomic E-state index is 0.00338. The summed E-state index contributed by atoms with van der Waals surface area (Å²) in [6.07, 6.45) is 2.99. The van der Waals surface area contributed by atoms with Gasteiger partial charge in [-0.25, -0.2) is 0 Å². The standard InChI is InChI=1S/C17H18N2OS/c1-21-15-9-5-4-8-14(15)19-17(20)16-13-7-3-2-6-12(13)10-11-18-16/h2-9,16,18H,10-11H2,1H3,(H,19,20). The SMILES string of the molecule is CSc1ccccc1NC(=O)C1NCCc2ccccc21. The van der Waals surface area contributed by atoms with E-state index < -0.39 is 0 Å².